The number of carbonyl (C=O) groups is 1. The van der Waals surface area contributed by atoms with Gasteiger partial charge in [-0.05, 0) is 54.7 Å². The summed E-state index contributed by atoms with van der Waals surface area (Å²) >= 11 is 0. The number of rotatable bonds is 4. The Kier molecular flexibility index (Phi) is 3.08. The molecule has 0 N–H and O–H groups in total. The summed E-state index contributed by atoms with van der Waals surface area (Å²) in [6.45, 7) is 2.02. The summed E-state index contributed by atoms with van der Waals surface area (Å²) in [6.07, 6.45) is 3.62. The van der Waals surface area contributed by atoms with Gasteiger partial charge in [-0.2, -0.15) is 0 Å². The minimum Gasteiger partial charge on any atom is -0.490 e. The van der Waals surface area contributed by atoms with E-state index in [9.17, 15) is 4.79 Å². The first kappa shape index (κ1) is 12.0. The van der Waals surface area contributed by atoms with Crippen molar-refractivity contribution >= 4 is 6.29 Å². The quantitative estimate of drug-likeness (QED) is 0.768. The number of ether oxygens (including phenoxy) is 1. The van der Waals surface area contributed by atoms with E-state index in [0.717, 1.165) is 41.6 Å². The lowest BCUT2D eigenvalue weighted by Gasteiger charge is -2.09. The Bertz CT molecular complexity index is 612. The van der Waals surface area contributed by atoms with Crippen molar-refractivity contribution in [3.05, 3.63) is 53.6 Å². The first-order chi connectivity index (χ1) is 9.26. The summed E-state index contributed by atoms with van der Waals surface area (Å²) < 4.78 is 5.82. The second kappa shape index (κ2) is 4.88. The third kappa shape index (κ3) is 2.68. The van der Waals surface area contributed by atoms with E-state index in [2.05, 4.69) is 12.1 Å². The molecule has 0 saturated heterocycles. The Morgan fingerprint density at radius 1 is 1.16 bits per heavy atom. The van der Waals surface area contributed by atoms with Crippen LogP contribution in [-0.2, 0) is 0 Å². The van der Waals surface area contributed by atoms with Crippen LogP contribution < -0.4 is 4.74 Å². The molecule has 0 aromatic heterocycles. The highest BCUT2D eigenvalue weighted by Crippen LogP contribution is 2.31. The Morgan fingerprint density at radius 2 is 2.00 bits per heavy atom. The summed E-state index contributed by atoms with van der Waals surface area (Å²) in [6, 6.07) is 13.9. The fourth-order valence-electron chi connectivity index (χ4n) is 2.20. The molecule has 2 aromatic carbocycles. The Hall–Kier alpha value is -2.09. The molecule has 1 aliphatic carbocycles. The van der Waals surface area contributed by atoms with Gasteiger partial charge in [0.25, 0.3) is 0 Å². The van der Waals surface area contributed by atoms with Crippen molar-refractivity contribution in [2.24, 2.45) is 0 Å². The van der Waals surface area contributed by atoms with Crippen LogP contribution in [0.4, 0.5) is 0 Å². The van der Waals surface area contributed by atoms with Crippen molar-refractivity contribution < 1.29 is 9.53 Å². The van der Waals surface area contributed by atoms with Gasteiger partial charge in [0.1, 0.15) is 12.0 Å². The lowest BCUT2D eigenvalue weighted by atomic mass is 9.98. The predicted octanol–water partition coefficient (Wildman–Crippen LogP) is 4.02. The van der Waals surface area contributed by atoms with Crippen molar-refractivity contribution in [2.75, 3.05) is 0 Å². The number of aldehydes is 1. The molecule has 0 radical (unpaired) electrons. The molecule has 2 aromatic rings. The smallest absolute Gasteiger partial charge is 0.150 e. The van der Waals surface area contributed by atoms with Crippen LogP contribution in [0.1, 0.15) is 28.8 Å². The number of benzene rings is 2. The van der Waals surface area contributed by atoms with Crippen LogP contribution in [0.25, 0.3) is 11.1 Å². The van der Waals surface area contributed by atoms with Gasteiger partial charge in [-0.25, -0.2) is 0 Å². The predicted molar refractivity (Wildman–Crippen MR) is 75.7 cm³/mol. The van der Waals surface area contributed by atoms with E-state index in [4.69, 9.17) is 4.74 Å². The topological polar surface area (TPSA) is 26.3 Å². The molecule has 0 spiro atoms. The SMILES string of the molecule is Cc1cc(C=O)ccc1-c1cccc(OC2CC2)c1. The Labute approximate surface area is 113 Å². The zero-order valence-electron chi connectivity index (χ0n) is 10.9. The van der Waals surface area contributed by atoms with Gasteiger partial charge >= 0.3 is 0 Å². The maximum atomic E-state index is 10.8. The third-order valence-corrected chi connectivity index (χ3v) is 3.36. The summed E-state index contributed by atoms with van der Waals surface area (Å²) in [5, 5.41) is 0. The Morgan fingerprint density at radius 3 is 2.68 bits per heavy atom. The fraction of sp³-hybridized carbons (Fsp3) is 0.235. The second-order valence-corrected chi connectivity index (χ2v) is 5.04. The van der Waals surface area contributed by atoms with Crippen molar-refractivity contribution in [3.63, 3.8) is 0 Å². The van der Waals surface area contributed by atoms with Gasteiger partial charge in [-0.3, -0.25) is 4.79 Å². The monoisotopic (exact) mass is 252 g/mol. The van der Waals surface area contributed by atoms with Gasteiger partial charge in [0.2, 0.25) is 0 Å². The second-order valence-electron chi connectivity index (χ2n) is 5.04. The molecular weight excluding hydrogens is 236 g/mol. The molecule has 2 nitrogen and oxygen atoms in total. The Balaban J connectivity index is 1.94. The molecule has 0 unspecified atom stereocenters. The molecule has 0 aliphatic heterocycles. The molecule has 1 aliphatic rings. The standard InChI is InChI=1S/C17H16O2/c1-12-9-13(11-18)5-8-17(12)14-3-2-4-16(10-14)19-15-6-7-15/h2-5,8-11,15H,6-7H2,1H3. The highest BCUT2D eigenvalue weighted by Gasteiger charge is 2.23. The average Bonchev–Trinajstić information content (AvgIpc) is 3.23. The summed E-state index contributed by atoms with van der Waals surface area (Å²) in [5.74, 6) is 0.930. The highest BCUT2D eigenvalue weighted by molar-refractivity contribution is 5.78. The van der Waals surface area contributed by atoms with Crippen molar-refractivity contribution in [3.8, 4) is 16.9 Å². The van der Waals surface area contributed by atoms with E-state index in [1.165, 1.54) is 0 Å². The molecule has 0 amide bonds. The third-order valence-electron chi connectivity index (χ3n) is 3.36. The first-order valence-corrected chi connectivity index (χ1v) is 6.59. The molecule has 96 valence electrons. The zero-order valence-corrected chi connectivity index (χ0v) is 10.9. The van der Waals surface area contributed by atoms with E-state index < -0.39 is 0 Å². The van der Waals surface area contributed by atoms with Crippen LogP contribution in [0.15, 0.2) is 42.5 Å². The van der Waals surface area contributed by atoms with Gasteiger partial charge in [-0.1, -0.05) is 24.3 Å². The minimum atomic E-state index is 0.411. The number of carbonyl (C=O) groups excluding carboxylic acids is 1. The average molecular weight is 252 g/mol. The summed E-state index contributed by atoms with van der Waals surface area (Å²) in [4.78, 5) is 10.8. The molecule has 1 fully saturated rings. The van der Waals surface area contributed by atoms with Crippen LogP contribution in [0.3, 0.4) is 0 Å². The number of aryl methyl sites for hydroxylation is 1. The van der Waals surface area contributed by atoms with E-state index >= 15 is 0 Å². The maximum Gasteiger partial charge on any atom is 0.150 e. The first-order valence-electron chi connectivity index (χ1n) is 6.59. The summed E-state index contributed by atoms with van der Waals surface area (Å²) in [7, 11) is 0. The van der Waals surface area contributed by atoms with Crippen molar-refractivity contribution in [2.45, 2.75) is 25.9 Å². The molecule has 0 heterocycles. The molecule has 0 bridgehead atoms. The van der Waals surface area contributed by atoms with Crippen LogP contribution in [0.2, 0.25) is 0 Å². The lowest BCUT2D eigenvalue weighted by Crippen LogP contribution is -1.95. The summed E-state index contributed by atoms with van der Waals surface area (Å²) in [5.41, 5.74) is 4.10. The fourth-order valence-corrected chi connectivity index (χ4v) is 2.20. The van der Waals surface area contributed by atoms with Crippen LogP contribution in [0.5, 0.6) is 5.75 Å². The van der Waals surface area contributed by atoms with Crippen LogP contribution in [0, 0.1) is 6.92 Å². The largest absolute Gasteiger partial charge is 0.490 e. The molecular formula is C17H16O2. The van der Waals surface area contributed by atoms with Gasteiger partial charge in [-0.15, -0.1) is 0 Å². The van der Waals surface area contributed by atoms with Crippen LogP contribution in [-0.4, -0.2) is 12.4 Å². The number of hydrogen-bond donors (Lipinski definition) is 0. The van der Waals surface area contributed by atoms with Gasteiger partial charge in [0, 0.05) is 5.56 Å². The maximum absolute atomic E-state index is 10.8. The minimum absolute atomic E-state index is 0.411. The van der Waals surface area contributed by atoms with E-state index in [-0.39, 0.29) is 0 Å². The van der Waals surface area contributed by atoms with Crippen molar-refractivity contribution in [1.29, 1.82) is 0 Å². The molecule has 0 atom stereocenters. The van der Waals surface area contributed by atoms with Gasteiger partial charge < -0.3 is 4.74 Å². The van der Waals surface area contributed by atoms with Crippen molar-refractivity contribution in [1.82, 2.24) is 0 Å². The molecule has 2 heteroatoms. The van der Waals surface area contributed by atoms with E-state index in [1.807, 2.05) is 37.3 Å². The van der Waals surface area contributed by atoms with Gasteiger partial charge in [0.05, 0.1) is 6.10 Å². The van der Waals surface area contributed by atoms with Gasteiger partial charge in [0.15, 0.2) is 0 Å². The zero-order chi connectivity index (χ0) is 13.2. The van der Waals surface area contributed by atoms with Crippen LogP contribution >= 0.6 is 0 Å². The highest BCUT2D eigenvalue weighted by atomic mass is 16.5. The number of hydrogen-bond acceptors (Lipinski definition) is 2. The normalized spacial score (nSPS) is 14.2. The molecule has 1 saturated carbocycles. The lowest BCUT2D eigenvalue weighted by molar-refractivity contribution is 0.112. The molecule has 3 rings (SSSR count). The molecule has 19 heavy (non-hydrogen) atoms. The van der Waals surface area contributed by atoms with E-state index in [1.54, 1.807) is 0 Å². The van der Waals surface area contributed by atoms with E-state index in [0.29, 0.717) is 11.7 Å².